The molecule has 0 saturated carbocycles. The van der Waals surface area contributed by atoms with Crippen LogP contribution in [-0.2, 0) is 4.74 Å². The maximum Gasteiger partial charge on any atom is 0.251 e. The lowest BCUT2D eigenvalue weighted by molar-refractivity contribution is -0.0178. The zero-order chi connectivity index (χ0) is 20.6. The quantitative estimate of drug-likeness (QED) is 0.293. The predicted molar refractivity (Wildman–Crippen MR) is 108 cm³/mol. The van der Waals surface area contributed by atoms with E-state index in [0.29, 0.717) is 17.7 Å². The molecule has 0 radical (unpaired) electrons. The van der Waals surface area contributed by atoms with E-state index < -0.39 is 5.83 Å². The van der Waals surface area contributed by atoms with Crippen LogP contribution >= 0.6 is 0 Å². The molecule has 8 nitrogen and oxygen atoms in total. The summed E-state index contributed by atoms with van der Waals surface area (Å²) in [5.74, 6) is -0.301. The van der Waals surface area contributed by atoms with Gasteiger partial charge in [0.25, 0.3) is 5.90 Å². The Hall–Kier alpha value is -2.33. The van der Waals surface area contributed by atoms with Gasteiger partial charge >= 0.3 is 0 Å². The molecular formula is C20H28FN5O3. The van der Waals surface area contributed by atoms with Gasteiger partial charge in [-0.05, 0) is 69.4 Å². The van der Waals surface area contributed by atoms with Crippen molar-refractivity contribution in [1.29, 1.82) is 5.41 Å². The number of hydrogen-bond acceptors (Lipinski definition) is 7. The fourth-order valence-electron chi connectivity index (χ4n) is 3.24. The summed E-state index contributed by atoms with van der Waals surface area (Å²) < 4.78 is 25.8. The molecule has 2 unspecified atom stereocenters. The molecule has 3 atom stereocenters. The molecule has 1 aromatic rings. The summed E-state index contributed by atoms with van der Waals surface area (Å²) >= 11 is 0. The zero-order valence-electron chi connectivity index (χ0n) is 16.5. The highest BCUT2D eigenvalue weighted by Gasteiger charge is 2.23. The van der Waals surface area contributed by atoms with Gasteiger partial charge in [0.15, 0.2) is 5.83 Å². The second-order valence-electron chi connectivity index (χ2n) is 7.17. The monoisotopic (exact) mass is 405 g/mol. The SMILES string of the molecule is C[C@H]1/N=C(Oc2ccc(C(=N)NO)cc2)\C(F)=C/CCC1NNC1CCCCO1. The molecule has 0 aromatic heterocycles. The molecule has 9 heteroatoms. The lowest BCUT2D eigenvalue weighted by Crippen LogP contribution is -2.52. The number of halogens is 1. The molecule has 0 spiro atoms. The van der Waals surface area contributed by atoms with Gasteiger partial charge in [-0.3, -0.25) is 21.5 Å². The van der Waals surface area contributed by atoms with Crippen molar-refractivity contribution < 1.29 is 19.1 Å². The minimum absolute atomic E-state index is 0.00181. The fraction of sp³-hybridized carbons (Fsp3) is 0.500. The maximum absolute atomic E-state index is 14.5. The average Bonchev–Trinajstić information content (AvgIpc) is 2.75. The molecule has 29 heavy (non-hydrogen) atoms. The van der Waals surface area contributed by atoms with Gasteiger partial charge in [0.2, 0.25) is 0 Å². The molecular weight excluding hydrogens is 377 g/mol. The number of rotatable bonds is 5. The smallest absolute Gasteiger partial charge is 0.251 e. The van der Waals surface area contributed by atoms with Gasteiger partial charge in [-0.2, -0.15) is 0 Å². The number of nitrogens with one attached hydrogen (secondary N) is 4. The molecule has 5 N–H and O–H groups in total. The number of hydrogen-bond donors (Lipinski definition) is 5. The Kier molecular flexibility index (Phi) is 7.70. The Morgan fingerprint density at radius 2 is 2.03 bits per heavy atom. The molecule has 1 aromatic carbocycles. The van der Waals surface area contributed by atoms with E-state index in [1.54, 1.807) is 29.7 Å². The van der Waals surface area contributed by atoms with Crippen LogP contribution in [0.5, 0.6) is 5.75 Å². The van der Waals surface area contributed by atoms with E-state index in [4.69, 9.17) is 20.1 Å². The van der Waals surface area contributed by atoms with Crippen LogP contribution in [0, 0.1) is 5.41 Å². The van der Waals surface area contributed by atoms with Gasteiger partial charge in [-0.1, -0.05) is 0 Å². The Bertz CT molecular complexity index is 747. The van der Waals surface area contributed by atoms with Crippen molar-refractivity contribution >= 4 is 11.7 Å². The van der Waals surface area contributed by atoms with Crippen molar-refractivity contribution in [1.82, 2.24) is 16.3 Å². The Balaban J connectivity index is 1.64. The lowest BCUT2D eigenvalue weighted by Gasteiger charge is -2.29. The third kappa shape index (κ3) is 6.07. The number of benzene rings is 1. The van der Waals surface area contributed by atoms with Crippen LogP contribution in [-0.4, -0.2) is 41.9 Å². The fourth-order valence-corrected chi connectivity index (χ4v) is 3.24. The van der Waals surface area contributed by atoms with Gasteiger partial charge in [-0.25, -0.2) is 14.8 Å². The molecule has 3 rings (SSSR count). The molecule has 158 valence electrons. The third-order valence-electron chi connectivity index (χ3n) is 4.99. The highest BCUT2D eigenvalue weighted by molar-refractivity contribution is 5.96. The average molecular weight is 405 g/mol. The van der Waals surface area contributed by atoms with E-state index in [1.807, 2.05) is 6.92 Å². The van der Waals surface area contributed by atoms with Gasteiger partial charge in [0.05, 0.1) is 6.04 Å². The molecule has 0 aliphatic carbocycles. The summed E-state index contributed by atoms with van der Waals surface area (Å²) in [5, 5.41) is 16.3. The van der Waals surface area contributed by atoms with E-state index in [9.17, 15) is 4.39 Å². The Morgan fingerprint density at radius 3 is 2.72 bits per heavy atom. The number of nitrogens with zero attached hydrogens (tertiary/aromatic N) is 1. The highest BCUT2D eigenvalue weighted by atomic mass is 19.1. The normalized spacial score (nSPS) is 28.9. The predicted octanol–water partition coefficient (Wildman–Crippen LogP) is 2.79. The van der Waals surface area contributed by atoms with E-state index in [1.165, 1.54) is 6.08 Å². The number of amidine groups is 1. The first-order valence-electron chi connectivity index (χ1n) is 9.90. The molecule has 2 heterocycles. The topological polar surface area (TPSA) is 111 Å². The van der Waals surface area contributed by atoms with E-state index in [-0.39, 0.29) is 30.0 Å². The van der Waals surface area contributed by atoms with Gasteiger partial charge in [0, 0.05) is 18.2 Å². The minimum atomic E-state index is -0.493. The van der Waals surface area contributed by atoms with Gasteiger partial charge in [0.1, 0.15) is 17.8 Å². The zero-order valence-corrected chi connectivity index (χ0v) is 16.5. The molecule has 1 saturated heterocycles. The van der Waals surface area contributed by atoms with E-state index in [0.717, 1.165) is 32.3 Å². The van der Waals surface area contributed by atoms with Crippen LogP contribution in [0.25, 0.3) is 0 Å². The van der Waals surface area contributed by atoms with E-state index >= 15 is 0 Å². The molecule has 0 amide bonds. The second-order valence-corrected chi connectivity index (χ2v) is 7.17. The van der Waals surface area contributed by atoms with Crippen LogP contribution in [0.15, 0.2) is 41.2 Å². The Labute approximate surface area is 169 Å². The number of hydrazine groups is 1. The van der Waals surface area contributed by atoms with Crippen LogP contribution in [0.3, 0.4) is 0 Å². The number of hydroxylamine groups is 1. The van der Waals surface area contributed by atoms with Crippen molar-refractivity contribution in [2.75, 3.05) is 6.61 Å². The van der Waals surface area contributed by atoms with Crippen LogP contribution in [0.1, 0.15) is 44.6 Å². The lowest BCUT2D eigenvalue weighted by atomic mass is 10.0. The molecule has 0 bridgehead atoms. The molecule has 1 fully saturated rings. The van der Waals surface area contributed by atoms with Crippen molar-refractivity contribution in [3.8, 4) is 5.75 Å². The largest absolute Gasteiger partial charge is 0.437 e. The number of aliphatic imine (C=N–C) groups is 1. The summed E-state index contributed by atoms with van der Waals surface area (Å²) in [6, 6.07) is 6.16. The first-order chi connectivity index (χ1) is 14.1. The van der Waals surface area contributed by atoms with Crippen molar-refractivity contribution in [3.05, 3.63) is 41.7 Å². The molecule has 2 aliphatic heterocycles. The minimum Gasteiger partial charge on any atom is -0.437 e. The standard InChI is InChI=1S/C20H28FN5O3/c1-13-17(24-25-18-7-2-3-12-28-18)6-4-5-16(21)20(23-13)29-15-10-8-14(9-11-15)19(22)26-27/h5,8-11,13,17-18,24-25,27H,2-4,6-7,12H2,1H3,(H2,22,26)/b16-5+,23-20+/t13-,17?,18?/m1/s1. The van der Waals surface area contributed by atoms with Crippen LogP contribution < -0.4 is 21.1 Å². The summed E-state index contributed by atoms with van der Waals surface area (Å²) in [4.78, 5) is 4.44. The third-order valence-corrected chi connectivity index (χ3v) is 4.99. The van der Waals surface area contributed by atoms with Gasteiger partial charge in [-0.15, -0.1) is 0 Å². The summed E-state index contributed by atoms with van der Waals surface area (Å²) in [6.07, 6.45) is 5.94. The van der Waals surface area contributed by atoms with E-state index in [2.05, 4.69) is 15.8 Å². The van der Waals surface area contributed by atoms with Crippen molar-refractivity contribution in [2.45, 2.75) is 57.3 Å². The van der Waals surface area contributed by atoms with Crippen molar-refractivity contribution in [3.63, 3.8) is 0 Å². The van der Waals surface area contributed by atoms with Crippen LogP contribution in [0.4, 0.5) is 4.39 Å². The first kappa shape index (κ1) is 21.4. The highest BCUT2D eigenvalue weighted by Crippen LogP contribution is 2.20. The molecule has 2 aliphatic rings. The number of ether oxygens (including phenoxy) is 2. The van der Waals surface area contributed by atoms with Crippen molar-refractivity contribution in [2.24, 2.45) is 4.99 Å². The maximum atomic E-state index is 14.5. The summed E-state index contributed by atoms with van der Waals surface area (Å²) in [5.41, 5.74) is 8.77. The van der Waals surface area contributed by atoms with Gasteiger partial charge < -0.3 is 9.47 Å². The Morgan fingerprint density at radius 1 is 1.24 bits per heavy atom. The summed E-state index contributed by atoms with van der Waals surface area (Å²) in [6.45, 7) is 2.68. The number of allylic oxidation sites excluding steroid dienone is 1. The second kappa shape index (κ2) is 10.4. The summed E-state index contributed by atoms with van der Waals surface area (Å²) in [7, 11) is 0. The van der Waals surface area contributed by atoms with Crippen LogP contribution in [0.2, 0.25) is 0 Å². The first-order valence-corrected chi connectivity index (χ1v) is 9.90.